The van der Waals surface area contributed by atoms with E-state index in [4.69, 9.17) is 16.7 Å². The zero-order chi connectivity index (χ0) is 23.5. The van der Waals surface area contributed by atoms with Gasteiger partial charge in [-0.1, -0.05) is 17.7 Å². The highest BCUT2D eigenvalue weighted by Crippen LogP contribution is 2.31. The second-order valence-electron chi connectivity index (χ2n) is 6.98. The summed E-state index contributed by atoms with van der Waals surface area (Å²) in [5.41, 5.74) is -2.94. The predicted octanol–water partition coefficient (Wildman–Crippen LogP) is 3.88. The number of nitrogens with zero attached hydrogens (tertiary/aromatic N) is 2. The van der Waals surface area contributed by atoms with Crippen LogP contribution in [0.1, 0.15) is 17.7 Å². The van der Waals surface area contributed by atoms with E-state index in [2.05, 4.69) is 10.3 Å². The summed E-state index contributed by atoms with van der Waals surface area (Å²) in [4.78, 5) is 17.4. The van der Waals surface area contributed by atoms with Gasteiger partial charge in [-0.25, -0.2) is 13.2 Å². The Morgan fingerprint density at radius 3 is 2.47 bits per heavy atom. The molecular weight excluding hydrogens is 471 g/mol. The SMILES string of the molecule is O=C(Nc1ccc(S(=O)(=O)C(F)(F)F)cc1)N1CC=C(c2ncc(CCO)cc2Cl)CC1. The van der Waals surface area contributed by atoms with E-state index < -0.39 is 26.3 Å². The molecular formula is C20H19ClF3N3O4S. The van der Waals surface area contributed by atoms with Crippen LogP contribution in [0.2, 0.25) is 5.02 Å². The minimum atomic E-state index is -5.44. The van der Waals surface area contributed by atoms with Crippen LogP contribution in [0.5, 0.6) is 0 Å². The van der Waals surface area contributed by atoms with Crippen molar-refractivity contribution in [1.82, 2.24) is 9.88 Å². The zero-order valence-electron chi connectivity index (χ0n) is 16.6. The molecule has 0 spiro atoms. The number of amides is 2. The summed E-state index contributed by atoms with van der Waals surface area (Å²) in [6, 6.07) is 5.03. The topological polar surface area (TPSA) is 99.6 Å². The fourth-order valence-electron chi connectivity index (χ4n) is 3.10. The molecule has 12 heteroatoms. The third-order valence-electron chi connectivity index (χ3n) is 4.82. The number of nitrogens with one attached hydrogen (secondary N) is 1. The van der Waals surface area contributed by atoms with Gasteiger partial charge in [-0.2, -0.15) is 13.2 Å². The monoisotopic (exact) mass is 489 g/mol. The number of benzene rings is 1. The Hall–Kier alpha value is -2.63. The number of urea groups is 1. The number of pyridine rings is 1. The van der Waals surface area contributed by atoms with Gasteiger partial charge in [0, 0.05) is 31.6 Å². The number of aliphatic hydroxyl groups excluding tert-OH is 1. The van der Waals surface area contributed by atoms with Crippen LogP contribution in [0.4, 0.5) is 23.7 Å². The Kier molecular flexibility index (Phi) is 7.11. The van der Waals surface area contributed by atoms with Gasteiger partial charge in [-0.15, -0.1) is 0 Å². The van der Waals surface area contributed by atoms with Crippen molar-refractivity contribution in [3.63, 3.8) is 0 Å². The molecule has 1 aromatic heterocycles. The van der Waals surface area contributed by atoms with Crippen molar-refractivity contribution in [2.24, 2.45) is 0 Å². The van der Waals surface area contributed by atoms with Gasteiger partial charge in [0.1, 0.15) is 0 Å². The van der Waals surface area contributed by atoms with E-state index in [1.165, 1.54) is 4.90 Å². The van der Waals surface area contributed by atoms with Gasteiger partial charge in [0.25, 0.3) is 9.84 Å². The van der Waals surface area contributed by atoms with Gasteiger partial charge in [-0.3, -0.25) is 4.98 Å². The molecule has 2 amide bonds. The van der Waals surface area contributed by atoms with Gasteiger partial charge in [-0.05, 0) is 54.3 Å². The molecule has 0 bridgehead atoms. The largest absolute Gasteiger partial charge is 0.501 e. The maximum Gasteiger partial charge on any atom is 0.501 e. The number of hydrogen-bond donors (Lipinski definition) is 2. The first kappa shape index (κ1) is 24.0. The maximum atomic E-state index is 12.6. The molecule has 0 saturated carbocycles. The highest BCUT2D eigenvalue weighted by Gasteiger charge is 2.46. The quantitative estimate of drug-likeness (QED) is 0.664. The van der Waals surface area contributed by atoms with Crippen molar-refractivity contribution in [2.75, 3.05) is 25.0 Å². The first-order valence-electron chi connectivity index (χ1n) is 9.45. The molecule has 0 fully saturated rings. The molecule has 172 valence electrons. The van der Waals surface area contributed by atoms with E-state index in [1.54, 1.807) is 12.3 Å². The van der Waals surface area contributed by atoms with Crippen molar-refractivity contribution in [1.29, 1.82) is 0 Å². The van der Waals surface area contributed by atoms with Crippen LogP contribution in [0.15, 0.2) is 47.5 Å². The first-order valence-corrected chi connectivity index (χ1v) is 11.3. The van der Waals surface area contributed by atoms with Crippen molar-refractivity contribution < 1.29 is 31.5 Å². The molecule has 0 atom stereocenters. The summed E-state index contributed by atoms with van der Waals surface area (Å²) in [6.45, 7) is 0.609. The van der Waals surface area contributed by atoms with E-state index >= 15 is 0 Å². The lowest BCUT2D eigenvalue weighted by Gasteiger charge is -2.27. The fraction of sp³-hybridized carbons (Fsp3) is 0.300. The van der Waals surface area contributed by atoms with E-state index in [0.717, 1.165) is 35.4 Å². The van der Waals surface area contributed by atoms with E-state index in [0.29, 0.717) is 30.1 Å². The molecule has 1 aliphatic rings. The molecule has 0 saturated heterocycles. The number of halogens is 4. The van der Waals surface area contributed by atoms with Crippen LogP contribution in [-0.4, -0.2) is 54.6 Å². The Labute approximate surface area is 187 Å². The smallest absolute Gasteiger partial charge is 0.396 e. The summed E-state index contributed by atoms with van der Waals surface area (Å²) in [5, 5.41) is 12.0. The molecule has 2 N–H and O–H groups in total. The number of rotatable bonds is 5. The van der Waals surface area contributed by atoms with Gasteiger partial charge < -0.3 is 15.3 Å². The minimum Gasteiger partial charge on any atom is -0.396 e. The maximum absolute atomic E-state index is 12.6. The average Bonchev–Trinajstić information content (AvgIpc) is 2.74. The van der Waals surface area contributed by atoms with Gasteiger partial charge >= 0.3 is 11.5 Å². The van der Waals surface area contributed by atoms with Gasteiger partial charge in [0.15, 0.2) is 0 Å². The van der Waals surface area contributed by atoms with E-state index in [1.807, 2.05) is 6.08 Å². The van der Waals surface area contributed by atoms with Crippen LogP contribution >= 0.6 is 11.6 Å². The summed E-state index contributed by atoms with van der Waals surface area (Å²) in [5.74, 6) is 0. The molecule has 1 aliphatic heterocycles. The average molecular weight is 490 g/mol. The minimum absolute atomic E-state index is 0.00894. The van der Waals surface area contributed by atoms with Gasteiger partial charge in [0.2, 0.25) is 0 Å². The van der Waals surface area contributed by atoms with E-state index in [-0.39, 0.29) is 18.8 Å². The molecule has 0 radical (unpaired) electrons. The number of carbonyl (C=O) groups excluding carboxylic acids is 1. The lowest BCUT2D eigenvalue weighted by atomic mass is 10.0. The first-order chi connectivity index (χ1) is 15.0. The Morgan fingerprint density at radius 1 is 1.25 bits per heavy atom. The summed E-state index contributed by atoms with van der Waals surface area (Å²) in [7, 11) is -5.44. The van der Waals surface area contributed by atoms with Crippen molar-refractivity contribution in [3.05, 3.63) is 58.9 Å². The summed E-state index contributed by atoms with van der Waals surface area (Å²) >= 11 is 6.29. The van der Waals surface area contributed by atoms with Gasteiger partial charge in [0.05, 0.1) is 15.6 Å². The van der Waals surface area contributed by atoms with Crippen LogP contribution < -0.4 is 5.32 Å². The molecule has 0 aliphatic carbocycles. The molecule has 2 heterocycles. The normalized spacial score (nSPS) is 14.8. The third kappa shape index (κ3) is 5.22. The predicted molar refractivity (Wildman–Crippen MR) is 113 cm³/mol. The number of aliphatic hydroxyl groups is 1. The number of aromatic nitrogens is 1. The highest BCUT2D eigenvalue weighted by molar-refractivity contribution is 7.92. The molecule has 1 aromatic carbocycles. The molecule has 7 nitrogen and oxygen atoms in total. The number of anilines is 1. The Balaban J connectivity index is 1.64. The number of hydrogen-bond acceptors (Lipinski definition) is 5. The van der Waals surface area contributed by atoms with Crippen molar-refractivity contribution >= 4 is 38.7 Å². The summed E-state index contributed by atoms with van der Waals surface area (Å²) in [6.07, 6.45) is 4.38. The Morgan fingerprint density at radius 2 is 1.94 bits per heavy atom. The fourth-order valence-corrected chi connectivity index (χ4v) is 4.17. The van der Waals surface area contributed by atoms with E-state index in [9.17, 15) is 26.4 Å². The second kappa shape index (κ2) is 9.47. The van der Waals surface area contributed by atoms with Crippen LogP contribution in [-0.2, 0) is 16.3 Å². The molecule has 2 aromatic rings. The van der Waals surface area contributed by atoms with Crippen molar-refractivity contribution in [2.45, 2.75) is 23.2 Å². The lowest BCUT2D eigenvalue weighted by molar-refractivity contribution is -0.0436. The Bertz CT molecular complexity index is 1140. The highest BCUT2D eigenvalue weighted by atomic mass is 35.5. The molecule has 32 heavy (non-hydrogen) atoms. The third-order valence-corrected chi connectivity index (χ3v) is 6.61. The van der Waals surface area contributed by atoms with Crippen LogP contribution in [0, 0.1) is 0 Å². The van der Waals surface area contributed by atoms with Crippen LogP contribution in [0.3, 0.4) is 0 Å². The number of alkyl halides is 3. The number of sulfone groups is 1. The van der Waals surface area contributed by atoms with Crippen molar-refractivity contribution in [3.8, 4) is 0 Å². The lowest BCUT2D eigenvalue weighted by Crippen LogP contribution is -2.38. The zero-order valence-corrected chi connectivity index (χ0v) is 18.1. The molecule has 0 unspecified atom stereocenters. The summed E-state index contributed by atoms with van der Waals surface area (Å²) < 4.78 is 60.7. The number of carbonyl (C=O) groups is 1. The standard InChI is InChI=1S/C20H19ClF3N3O4S/c21-17-11-13(7-10-28)12-25-18(17)14-5-8-27(9-6-14)19(29)26-15-1-3-16(4-2-15)32(30,31)20(22,23)24/h1-5,11-12,28H,6-10H2,(H,26,29). The van der Waals surface area contributed by atoms with Crippen LogP contribution in [0.25, 0.3) is 5.57 Å². The molecule has 3 rings (SSSR count). The second-order valence-corrected chi connectivity index (χ2v) is 9.33.